The van der Waals surface area contributed by atoms with Crippen LogP contribution in [0.1, 0.15) is 59.8 Å². The summed E-state index contributed by atoms with van der Waals surface area (Å²) in [5.74, 6) is 0.485. The van der Waals surface area contributed by atoms with Crippen LogP contribution in [-0.2, 0) is 0 Å². The molecule has 0 aromatic carbocycles. The van der Waals surface area contributed by atoms with E-state index in [-0.39, 0.29) is 0 Å². The summed E-state index contributed by atoms with van der Waals surface area (Å²) in [6, 6.07) is 0. The highest BCUT2D eigenvalue weighted by Gasteiger charge is 2.42. The van der Waals surface area contributed by atoms with E-state index >= 15 is 0 Å². The monoisotopic (exact) mass is 184 g/mol. The standard InChI is InChI=1S/C12H24O/c1-5-11(2,3)10-8-6-7-9-12(10,4)13/h10,13H,5-9H2,1-4H3/t10-,12+/m1/s1. The summed E-state index contributed by atoms with van der Waals surface area (Å²) in [4.78, 5) is 0. The molecule has 78 valence electrons. The van der Waals surface area contributed by atoms with Gasteiger partial charge in [0.1, 0.15) is 0 Å². The van der Waals surface area contributed by atoms with E-state index in [9.17, 15) is 5.11 Å². The second kappa shape index (κ2) is 3.61. The van der Waals surface area contributed by atoms with E-state index in [4.69, 9.17) is 0 Å². The van der Waals surface area contributed by atoms with E-state index in [0.717, 1.165) is 12.8 Å². The molecule has 0 amide bonds. The summed E-state index contributed by atoms with van der Waals surface area (Å²) in [6.07, 6.45) is 5.84. The molecule has 0 heterocycles. The molecule has 1 rings (SSSR count). The third-order valence-electron chi connectivity index (χ3n) is 4.03. The molecular formula is C12H24O. The summed E-state index contributed by atoms with van der Waals surface area (Å²) in [7, 11) is 0. The Labute approximate surface area is 82.5 Å². The van der Waals surface area contributed by atoms with Crippen LogP contribution < -0.4 is 0 Å². The summed E-state index contributed by atoms with van der Waals surface area (Å²) < 4.78 is 0. The molecule has 0 unspecified atom stereocenters. The lowest BCUT2D eigenvalue weighted by Gasteiger charge is -2.46. The fourth-order valence-corrected chi connectivity index (χ4v) is 2.80. The quantitative estimate of drug-likeness (QED) is 0.697. The number of aliphatic hydroxyl groups is 1. The Morgan fingerprint density at radius 3 is 2.46 bits per heavy atom. The molecule has 0 aliphatic heterocycles. The maximum Gasteiger partial charge on any atom is 0.0652 e. The molecule has 0 spiro atoms. The lowest BCUT2D eigenvalue weighted by Crippen LogP contribution is -2.45. The van der Waals surface area contributed by atoms with Gasteiger partial charge < -0.3 is 5.11 Å². The molecule has 0 saturated heterocycles. The maximum atomic E-state index is 10.3. The molecule has 1 fully saturated rings. The van der Waals surface area contributed by atoms with Crippen molar-refractivity contribution in [3.8, 4) is 0 Å². The van der Waals surface area contributed by atoms with Crippen LogP contribution >= 0.6 is 0 Å². The molecule has 1 aliphatic rings. The highest BCUT2D eigenvalue weighted by atomic mass is 16.3. The highest BCUT2D eigenvalue weighted by molar-refractivity contribution is 4.93. The van der Waals surface area contributed by atoms with Gasteiger partial charge in [0.2, 0.25) is 0 Å². The average molecular weight is 184 g/mol. The zero-order chi connectivity index (χ0) is 10.1. The van der Waals surface area contributed by atoms with Crippen LogP contribution in [0.5, 0.6) is 0 Å². The van der Waals surface area contributed by atoms with E-state index in [0.29, 0.717) is 11.3 Å². The molecule has 1 saturated carbocycles. The Hall–Kier alpha value is -0.0400. The molecule has 1 heteroatoms. The molecule has 1 aliphatic carbocycles. The van der Waals surface area contributed by atoms with Crippen molar-refractivity contribution >= 4 is 0 Å². The van der Waals surface area contributed by atoms with Gasteiger partial charge in [0, 0.05) is 0 Å². The van der Waals surface area contributed by atoms with Crippen molar-refractivity contribution in [2.45, 2.75) is 65.4 Å². The van der Waals surface area contributed by atoms with Crippen LogP contribution in [0, 0.1) is 11.3 Å². The zero-order valence-electron chi connectivity index (χ0n) is 9.56. The van der Waals surface area contributed by atoms with Gasteiger partial charge in [-0.2, -0.15) is 0 Å². The van der Waals surface area contributed by atoms with Crippen LogP contribution in [0.4, 0.5) is 0 Å². The third kappa shape index (κ3) is 2.25. The topological polar surface area (TPSA) is 20.2 Å². The van der Waals surface area contributed by atoms with Gasteiger partial charge in [-0.1, -0.05) is 40.0 Å². The largest absolute Gasteiger partial charge is 0.390 e. The van der Waals surface area contributed by atoms with Crippen LogP contribution in [0.2, 0.25) is 0 Å². The summed E-state index contributed by atoms with van der Waals surface area (Å²) in [5.41, 5.74) is -0.123. The van der Waals surface area contributed by atoms with Crippen molar-refractivity contribution in [1.82, 2.24) is 0 Å². The maximum absolute atomic E-state index is 10.3. The molecule has 1 N–H and O–H groups in total. The fraction of sp³-hybridized carbons (Fsp3) is 1.00. The van der Waals surface area contributed by atoms with Crippen LogP contribution in [0.15, 0.2) is 0 Å². The number of hydrogen-bond acceptors (Lipinski definition) is 1. The number of hydrogen-bond donors (Lipinski definition) is 1. The van der Waals surface area contributed by atoms with Gasteiger partial charge >= 0.3 is 0 Å². The first-order chi connectivity index (χ1) is 5.90. The third-order valence-corrected chi connectivity index (χ3v) is 4.03. The molecule has 0 radical (unpaired) electrons. The van der Waals surface area contributed by atoms with Crippen molar-refractivity contribution in [3.63, 3.8) is 0 Å². The normalized spacial score (nSPS) is 36.2. The first-order valence-corrected chi connectivity index (χ1v) is 5.62. The van der Waals surface area contributed by atoms with Gasteiger partial charge in [-0.25, -0.2) is 0 Å². The van der Waals surface area contributed by atoms with Crippen LogP contribution in [0.3, 0.4) is 0 Å². The van der Waals surface area contributed by atoms with E-state index in [2.05, 4.69) is 20.8 Å². The molecular weight excluding hydrogens is 160 g/mol. The Morgan fingerprint density at radius 2 is 2.00 bits per heavy atom. The van der Waals surface area contributed by atoms with Crippen molar-refractivity contribution < 1.29 is 5.11 Å². The second-order valence-corrected chi connectivity index (χ2v) is 5.50. The first kappa shape index (κ1) is 11.0. The molecule has 0 aromatic heterocycles. The Bertz CT molecular complexity index is 162. The van der Waals surface area contributed by atoms with Crippen molar-refractivity contribution in [2.75, 3.05) is 0 Å². The lowest BCUT2D eigenvalue weighted by molar-refractivity contribution is -0.0813. The summed E-state index contributed by atoms with van der Waals surface area (Å²) in [5, 5.41) is 10.3. The van der Waals surface area contributed by atoms with E-state index in [1.54, 1.807) is 0 Å². The minimum absolute atomic E-state index is 0.296. The summed E-state index contributed by atoms with van der Waals surface area (Å²) in [6.45, 7) is 8.83. The van der Waals surface area contributed by atoms with Crippen molar-refractivity contribution in [1.29, 1.82) is 0 Å². The van der Waals surface area contributed by atoms with E-state index in [1.807, 2.05) is 6.92 Å². The Morgan fingerprint density at radius 1 is 1.38 bits per heavy atom. The zero-order valence-corrected chi connectivity index (χ0v) is 9.56. The SMILES string of the molecule is CCC(C)(C)[C@H]1CCCC[C@]1(C)O. The smallest absolute Gasteiger partial charge is 0.0652 e. The average Bonchev–Trinajstić information content (AvgIpc) is 2.03. The van der Waals surface area contributed by atoms with Gasteiger partial charge in [0.05, 0.1) is 5.60 Å². The number of rotatable bonds is 2. The first-order valence-electron chi connectivity index (χ1n) is 5.62. The molecule has 13 heavy (non-hydrogen) atoms. The van der Waals surface area contributed by atoms with Gasteiger partial charge in [0.15, 0.2) is 0 Å². The lowest BCUT2D eigenvalue weighted by atomic mass is 9.63. The molecule has 1 nitrogen and oxygen atoms in total. The van der Waals surface area contributed by atoms with Crippen LogP contribution in [0.25, 0.3) is 0 Å². The fourth-order valence-electron chi connectivity index (χ4n) is 2.80. The van der Waals surface area contributed by atoms with E-state index in [1.165, 1.54) is 19.3 Å². The molecule has 0 bridgehead atoms. The highest BCUT2D eigenvalue weighted by Crippen LogP contribution is 2.45. The van der Waals surface area contributed by atoms with Gasteiger partial charge in [-0.05, 0) is 31.1 Å². The predicted molar refractivity (Wildman–Crippen MR) is 56.7 cm³/mol. The minimum Gasteiger partial charge on any atom is -0.390 e. The van der Waals surface area contributed by atoms with Crippen molar-refractivity contribution in [3.05, 3.63) is 0 Å². The second-order valence-electron chi connectivity index (χ2n) is 5.50. The summed E-state index contributed by atoms with van der Waals surface area (Å²) >= 11 is 0. The Balaban J connectivity index is 2.76. The Kier molecular flexibility index (Phi) is 3.06. The predicted octanol–water partition coefficient (Wildman–Crippen LogP) is 3.36. The van der Waals surface area contributed by atoms with Gasteiger partial charge in [-0.3, -0.25) is 0 Å². The minimum atomic E-state index is -0.419. The van der Waals surface area contributed by atoms with Gasteiger partial charge in [0.25, 0.3) is 0 Å². The van der Waals surface area contributed by atoms with E-state index < -0.39 is 5.60 Å². The van der Waals surface area contributed by atoms with Crippen molar-refractivity contribution in [2.24, 2.45) is 11.3 Å². The molecule has 2 atom stereocenters. The molecule has 0 aromatic rings. The van der Waals surface area contributed by atoms with Crippen LogP contribution in [-0.4, -0.2) is 10.7 Å². The van der Waals surface area contributed by atoms with Gasteiger partial charge in [-0.15, -0.1) is 0 Å².